The second-order valence-corrected chi connectivity index (χ2v) is 8.47. The van der Waals surface area contributed by atoms with Crippen LogP contribution in [0.3, 0.4) is 0 Å². The molecule has 1 aliphatic rings. The molecule has 1 aliphatic heterocycles. The van der Waals surface area contributed by atoms with Gasteiger partial charge in [-0.3, -0.25) is 9.79 Å². The zero-order valence-electron chi connectivity index (χ0n) is 18.4. The maximum absolute atomic E-state index is 13.0. The van der Waals surface area contributed by atoms with E-state index in [4.69, 9.17) is 16.6 Å². The van der Waals surface area contributed by atoms with Gasteiger partial charge in [0.2, 0.25) is 5.91 Å². The van der Waals surface area contributed by atoms with Gasteiger partial charge in [0.25, 0.3) is 0 Å². The number of carbonyl (C=O) groups excluding carboxylic acids is 1. The average molecular weight is 423 g/mol. The predicted molar refractivity (Wildman–Crippen MR) is 129 cm³/mol. The van der Waals surface area contributed by atoms with Crippen molar-refractivity contribution in [3.05, 3.63) is 70.3 Å². The first kappa shape index (κ1) is 22.3. The molecule has 0 aliphatic carbocycles. The van der Waals surface area contributed by atoms with E-state index in [0.29, 0.717) is 6.54 Å². The summed E-state index contributed by atoms with van der Waals surface area (Å²) in [4.78, 5) is 19.6. The molecule has 1 saturated heterocycles. The van der Waals surface area contributed by atoms with E-state index >= 15 is 0 Å². The molecule has 1 atom stereocenters. The lowest BCUT2D eigenvalue weighted by atomic mass is 9.97. The van der Waals surface area contributed by atoms with Crippen LogP contribution in [-0.4, -0.2) is 24.7 Å². The molecule has 1 unspecified atom stereocenters. The van der Waals surface area contributed by atoms with Crippen LogP contribution in [0.4, 0.5) is 5.69 Å². The normalized spacial score (nSPS) is 17.7. The van der Waals surface area contributed by atoms with E-state index in [0.717, 1.165) is 42.2 Å². The SMILES string of the molecule is CCC=C(CCN=C(C)C1CCN(c2ccc(C)cc2)C1=O)c1cc(Cl)ccc1C. The first-order chi connectivity index (χ1) is 14.4. The largest absolute Gasteiger partial charge is 0.312 e. The van der Waals surface area contributed by atoms with E-state index in [2.05, 4.69) is 45.0 Å². The molecule has 0 radical (unpaired) electrons. The molecule has 1 amide bonds. The lowest BCUT2D eigenvalue weighted by Crippen LogP contribution is -2.29. The molecule has 1 heterocycles. The van der Waals surface area contributed by atoms with Crippen LogP contribution in [0.1, 0.15) is 49.8 Å². The van der Waals surface area contributed by atoms with Crippen molar-refractivity contribution in [1.82, 2.24) is 0 Å². The van der Waals surface area contributed by atoms with E-state index in [-0.39, 0.29) is 11.8 Å². The molecule has 3 nitrogen and oxygen atoms in total. The zero-order valence-corrected chi connectivity index (χ0v) is 19.2. The zero-order chi connectivity index (χ0) is 21.7. The maximum atomic E-state index is 13.0. The smallest absolute Gasteiger partial charge is 0.235 e. The Balaban J connectivity index is 1.67. The lowest BCUT2D eigenvalue weighted by Gasteiger charge is -2.17. The number of hydrogen-bond acceptors (Lipinski definition) is 2. The fourth-order valence-electron chi connectivity index (χ4n) is 4.04. The number of benzene rings is 2. The van der Waals surface area contributed by atoms with Gasteiger partial charge in [0, 0.05) is 29.5 Å². The molecule has 2 aromatic rings. The van der Waals surface area contributed by atoms with Gasteiger partial charge < -0.3 is 4.90 Å². The number of hydrogen-bond donors (Lipinski definition) is 0. The second kappa shape index (κ2) is 10.1. The third-order valence-corrected chi connectivity index (χ3v) is 6.03. The molecular weight excluding hydrogens is 392 g/mol. The predicted octanol–water partition coefficient (Wildman–Crippen LogP) is 6.65. The van der Waals surface area contributed by atoms with Crippen LogP contribution in [-0.2, 0) is 4.79 Å². The number of amides is 1. The van der Waals surface area contributed by atoms with Crippen molar-refractivity contribution >= 4 is 34.5 Å². The summed E-state index contributed by atoms with van der Waals surface area (Å²) in [6, 6.07) is 14.2. The standard InChI is InChI=1S/C26H31ClN2O/c1-5-6-21(25-17-22(27)10-9-19(25)3)13-15-28-20(4)24-14-16-29(26(24)30)23-11-7-18(2)8-12-23/h6-12,17,24H,5,13-16H2,1-4H3. The van der Waals surface area contributed by atoms with Gasteiger partial charge in [-0.25, -0.2) is 0 Å². The van der Waals surface area contributed by atoms with E-state index < -0.39 is 0 Å². The maximum Gasteiger partial charge on any atom is 0.235 e. The molecule has 30 heavy (non-hydrogen) atoms. The fourth-order valence-corrected chi connectivity index (χ4v) is 4.22. The Morgan fingerprint density at radius 1 is 1.20 bits per heavy atom. The van der Waals surface area contributed by atoms with Crippen LogP contribution in [0.25, 0.3) is 5.57 Å². The van der Waals surface area contributed by atoms with Crippen molar-refractivity contribution in [1.29, 1.82) is 0 Å². The number of aryl methyl sites for hydroxylation is 2. The molecule has 0 saturated carbocycles. The number of anilines is 1. The van der Waals surface area contributed by atoms with Crippen molar-refractivity contribution in [2.24, 2.45) is 10.9 Å². The number of carbonyl (C=O) groups is 1. The number of allylic oxidation sites excluding steroid dienone is 1. The number of aliphatic imine (C=N–C) groups is 1. The molecule has 2 aromatic carbocycles. The van der Waals surface area contributed by atoms with Crippen molar-refractivity contribution in [3.8, 4) is 0 Å². The summed E-state index contributed by atoms with van der Waals surface area (Å²) in [5.74, 6) is 0.0490. The Hall–Kier alpha value is -2.39. The topological polar surface area (TPSA) is 32.7 Å². The van der Waals surface area contributed by atoms with Crippen molar-refractivity contribution in [2.75, 3.05) is 18.0 Å². The van der Waals surface area contributed by atoms with Gasteiger partial charge >= 0.3 is 0 Å². The molecule has 0 bridgehead atoms. The van der Waals surface area contributed by atoms with Crippen molar-refractivity contribution in [2.45, 2.75) is 47.0 Å². The minimum Gasteiger partial charge on any atom is -0.312 e. The summed E-state index contributed by atoms with van der Waals surface area (Å²) < 4.78 is 0. The average Bonchev–Trinajstić information content (AvgIpc) is 3.11. The first-order valence-electron chi connectivity index (χ1n) is 10.7. The van der Waals surface area contributed by atoms with Gasteiger partial charge in [-0.15, -0.1) is 0 Å². The van der Waals surface area contributed by atoms with Gasteiger partial charge in [-0.05, 0) is 81.0 Å². The van der Waals surface area contributed by atoms with Crippen molar-refractivity contribution < 1.29 is 4.79 Å². The van der Waals surface area contributed by atoms with E-state index in [1.54, 1.807) is 0 Å². The van der Waals surface area contributed by atoms with Gasteiger partial charge in [-0.1, -0.05) is 48.4 Å². The molecule has 0 aromatic heterocycles. The first-order valence-corrected chi connectivity index (χ1v) is 11.1. The molecule has 158 valence electrons. The van der Waals surface area contributed by atoms with Gasteiger partial charge in [0.1, 0.15) is 0 Å². The minimum absolute atomic E-state index is 0.113. The third-order valence-electron chi connectivity index (χ3n) is 5.79. The molecule has 3 rings (SSSR count). The summed E-state index contributed by atoms with van der Waals surface area (Å²) >= 11 is 6.22. The van der Waals surface area contributed by atoms with E-state index in [1.807, 2.05) is 36.1 Å². The summed E-state index contributed by atoms with van der Waals surface area (Å²) in [6.07, 6.45) is 4.89. The van der Waals surface area contributed by atoms with Crippen LogP contribution in [0.15, 0.2) is 53.5 Å². The Morgan fingerprint density at radius 3 is 2.63 bits per heavy atom. The molecule has 0 N–H and O–H groups in total. The molecular formula is C26H31ClN2O. The quantitative estimate of drug-likeness (QED) is 0.459. The summed E-state index contributed by atoms with van der Waals surface area (Å²) in [5, 5.41) is 0.755. The number of halogens is 1. The summed E-state index contributed by atoms with van der Waals surface area (Å²) in [6.45, 7) is 9.74. The summed E-state index contributed by atoms with van der Waals surface area (Å²) in [7, 11) is 0. The molecule has 1 fully saturated rings. The van der Waals surface area contributed by atoms with E-state index in [9.17, 15) is 4.79 Å². The van der Waals surface area contributed by atoms with Crippen LogP contribution in [0.5, 0.6) is 0 Å². The fraction of sp³-hybridized carbons (Fsp3) is 0.385. The highest BCUT2D eigenvalue weighted by Gasteiger charge is 2.34. The third kappa shape index (κ3) is 5.20. The van der Waals surface area contributed by atoms with Crippen molar-refractivity contribution in [3.63, 3.8) is 0 Å². The summed E-state index contributed by atoms with van der Waals surface area (Å²) in [5.41, 5.74) is 6.80. The highest BCUT2D eigenvalue weighted by Crippen LogP contribution is 2.28. The molecule has 4 heteroatoms. The number of nitrogens with zero attached hydrogens (tertiary/aromatic N) is 2. The minimum atomic E-state index is -0.113. The van der Waals surface area contributed by atoms with Gasteiger partial charge in [0.05, 0.1) is 5.92 Å². The van der Waals surface area contributed by atoms with Crippen LogP contribution >= 0.6 is 11.6 Å². The number of rotatable bonds is 7. The van der Waals surface area contributed by atoms with Crippen LogP contribution < -0.4 is 4.90 Å². The van der Waals surface area contributed by atoms with E-state index in [1.165, 1.54) is 22.3 Å². The van der Waals surface area contributed by atoms with Crippen LogP contribution in [0.2, 0.25) is 5.02 Å². The Morgan fingerprint density at radius 2 is 1.93 bits per heavy atom. The van der Waals surface area contributed by atoms with Gasteiger partial charge in [0.15, 0.2) is 0 Å². The van der Waals surface area contributed by atoms with Crippen LogP contribution in [0, 0.1) is 19.8 Å². The highest BCUT2D eigenvalue weighted by atomic mass is 35.5. The molecule has 0 spiro atoms. The Kier molecular flexibility index (Phi) is 7.49. The van der Waals surface area contributed by atoms with Gasteiger partial charge in [-0.2, -0.15) is 0 Å². The highest BCUT2D eigenvalue weighted by molar-refractivity contribution is 6.30. The second-order valence-electron chi connectivity index (χ2n) is 8.04. The Bertz CT molecular complexity index is 959. The monoisotopic (exact) mass is 422 g/mol. The lowest BCUT2D eigenvalue weighted by molar-refractivity contribution is -0.118. The Labute approximate surface area is 185 Å².